The van der Waals surface area contributed by atoms with Crippen molar-refractivity contribution in [1.29, 1.82) is 0 Å². The van der Waals surface area contributed by atoms with E-state index in [0.717, 1.165) is 4.90 Å². The third kappa shape index (κ3) is 4.42. The molecule has 2 aromatic rings. The highest BCUT2D eigenvalue weighted by atomic mass is 32.1. The molecule has 0 aliphatic carbocycles. The van der Waals surface area contributed by atoms with Crippen LogP contribution >= 0.6 is 11.3 Å². The molecule has 7 nitrogen and oxygen atoms in total. The van der Waals surface area contributed by atoms with Crippen LogP contribution in [0, 0.1) is 5.82 Å². The summed E-state index contributed by atoms with van der Waals surface area (Å²) < 4.78 is 13.2. The summed E-state index contributed by atoms with van der Waals surface area (Å²) in [5, 5.41) is 7.45. The van der Waals surface area contributed by atoms with E-state index in [1.54, 1.807) is 23.7 Å². The Morgan fingerprint density at radius 2 is 2.23 bits per heavy atom. The Labute approximate surface area is 153 Å². The number of nitrogens with one attached hydrogen (secondary N) is 2. The second kappa shape index (κ2) is 8.05. The molecule has 0 radical (unpaired) electrons. The van der Waals surface area contributed by atoms with E-state index in [4.69, 9.17) is 0 Å². The number of rotatable bonds is 7. The van der Waals surface area contributed by atoms with E-state index in [-0.39, 0.29) is 37.0 Å². The lowest BCUT2D eigenvalue weighted by molar-refractivity contribution is -0.127. The van der Waals surface area contributed by atoms with Crippen molar-refractivity contribution in [2.45, 2.75) is 25.3 Å². The number of amides is 4. The predicted octanol–water partition coefficient (Wildman–Crippen LogP) is 2.16. The molecule has 1 aromatic heterocycles. The minimum Gasteiger partial charge on any atom is -0.326 e. The number of hydrogen-bond acceptors (Lipinski definition) is 5. The molecule has 0 saturated carbocycles. The highest BCUT2D eigenvalue weighted by molar-refractivity contribution is 7.13. The van der Waals surface area contributed by atoms with Crippen LogP contribution in [0.3, 0.4) is 0 Å². The molecule has 1 aliphatic heterocycles. The summed E-state index contributed by atoms with van der Waals surface area (Å²) in [7, 11) is 0. The number of hydrogen-bond donors (Lipinski definition) is 2. The molecule has 136 valence electrons. The fraction of sp³-hybridized carbons (Fsp3) is 0.294. The zero-order chi connectivity index (χ0) is 18.5. The Morgan fingerprint density at radius 3 is 2.96 bits per heavy atom. The first-order valence-electron chi connectivity index (χ1n) is 8.08. The summed E-state index contributed by atoms with van der Waals surface area (Å²) in [6, 6.07) is 4.82. The normalized spacial score (nSPS) is 16.7. The minimum atomic E-state index is -0.725. The smallest absolute Gasteiger partial charge is 0.324 e. The van der Waals surface area contributed by atoms with Crippen molar-refractivity contribution in [3.63, 3.8) is 0 Å². The number of benzene rings is 1. The number of halogens is 1. The first-order chi connectivity index (χ1) is 12.5. The van der Waals surface area contributed by atoms with E-state index in [2.05, 4.69) is 15.6 Å². The van der Waals surface area contributed by atoms with Gasteiger partial charge >= 0.3 is 6.03 Å². The van der Waals surface area contributed by atoms with Crippen LogP contribution in [0.2, 0.25) is 0 Å². The van der Waals surface area contributed by atoms with Crippen molar-refractivity contribution in [3.8, 4) is 0 Å². The summed E-state index contributed by atoms with van der Waals surface area (Å²) >= 11 is 1.30. The Kier molecular flexibility index (Phi) is 5.57. The maximum absolute atomic E-state index is 13.2. The number of carbonyl (C=O) groups excluding carboxylic acids is 3. The molecular weight excluding hydrogens is 359 g/mol. The lowest BCUT2D eigenvalue weighted by Crippen LogP contribution is -2.33. The number of urea groups is 1. The van der Waals surface area contributed by atoms with Gasteiger partial charge in [-0.1, -0.05) is 12.1 Å². The van der Waals surface area contributed by atoms with Gasteiger partial charge in [0, 0.05) is 24.5 Å². The molecule has 3 rings (SSSR count). The number of imide groups is 1. The van der Waals surface area contributed by atoms with Crippen LogP contribution in [-0.4, -0.2) is 40.3 Å². The van der Waals surface area contributed by atoms with Crippen molar-refractivity contribution in [1.82, 2.24) is 15.2 Å². The maximum Gasteiger partial charge on any atom is 0.324 e. The van der Waals surface area contributed by atoms with Crippen LogP contribution in [0.25, 0.3) is 0 Å². The summed E-state index contributed by atoms with van der Waals surface area (Å²) in [5.41, 5.74) is 0.705. The fourth-order valence-corrected chi connectivity index (χ4v) is 3.21. The molecule has 0 spiro atoms. The lowest BCUT2D eigenvalue weighted by atomic mass is 10.1. The maximum atomic E-state index is 13.2. The fourth-order valence-electron chi connectivity index (χ4n) is 2.66. The zero-order valence-electron chi connectivity index (χ0n) is 13.8. The second-order valence-corrected chi connectivity index (χ2v) is 6.69. The number of anilines is 1. The molecule has 1 aromatic carbocycles. The molecule has 0 unspecified atom stereocenters. The second-order valence-electron chi connectivity index (χ2n) is 5.80. The van der Waals surface area contributed by atoms with Gasteiger partial charge in [0.1, 0.15) is 11.9 Å². The third-order valence-corrected chi connectivity index (χ3v) is 4.65. The van der Waals surface area contributed by atoms with Crippen molar-refractivity contribution in [2.24, 2.45) is 0 Å². The number of aromatic nitrogens is 1. The number of carbonyl (C=O) groups is 3. The number of thiazole rings is 1. The van der Waals surface area contributed by atoms with Crippen molar-refractivity contribution < 1.29 is 18.8 Å². The summed E-state index contributed by atoms with van der Waals surface area (Å²) in [6.45, 7) is 0.163. The van der Waals surface area contributed by atoms with Gasteiger partial charge in [0.2, 0.25) is 5.91 Å². The predicted molar refractivity (Wildman–Crippen MR) is 94.1 cm³/mol. The molecule has 26 heavy (non-hydrogen) atoms. The first-order valence-corrected chi connectivity index (χ1v) is 8.96. The summed E-state index contributed by atoms with van der Waals surface area (Å²) in [4.78, 5) is 41.3. The van der Waals surface area contributed by atoms with Crippen molar-refractivity contribution in [3.05, 3.63) is 47.2 Å². The Hall–Kier alpha value is -2.81. The van der Waals surface area contributed by atoms with Gasteiger partial charge in [0.15, 0.2) is 5.13 Å². The van der Waals surface area contributed by atoms with Gasteiger partial charge in [-0.15, -0.1) is 11.3 Å². The molecule has 1 aliphatic rings. The van der Waals surface area contributed by atoms with Crippen LogP contribution in [0.15, 0.2) is 35.8 Å². The standard InChI is InChI=1S/C17H17FN4O3S/c18-12-3-1-2-11(10-12)6-8-22-15(24)13(20-17(22)25)4-5-14(23)21-16-19-7-9-26-16/h1-3,7,9-10,13H,4-6,8H2,(H,20,25)(H,19,21,23)/t13-/m0/s1. The highest BCUT2D eigenvalue weighted by Crippen LogP contribution is 2.15. The zero-order valence-corrected chi connectivity index (χ0v) is 14.6. The van der Waals surface area contributed by atoms with Gasteiger partial charge in [-0.05, 0) is 30.5 Å². The van der Waals surface area contributed by atoms with Crippen LogP contribution in [0.4, 0.5) is 14.3 Å². The molecule has 9 heteroatoms. The SMILES string of the molecule is O=C(CC[C@@H]1NC(=O)N(CCc2cccc(F)c2)C1=O)Nc1nccs1. The van der Waals surface area contributed by atoms with E-state index in [9.17, 15) is 18.8 Å². The first kappa shape index (κ1) is 18.0. The molecule has 1 saturated heterocycles. The van der Waals surface area contributed by atoms with Gasteiger partial charge in [0.05, 0.1) is 0 Å². The molecule has 0 bridgehead atoms. The van der Waals surface area contributed by atoms with E-state index in [0.29, 0.717) is 17.1 Å². The molecule has 1 fully saturated rings. The van der Waals surface area contributed by atoms with Gasteiger partial charge in [-0.25, -0.2) is 14.2 Å². The van der Waals surface area contributed by atoms with Gasteiger partial charge < -0.3 is 10.6 Å². The topological polar surface area (TPSA) is 91.4 Å². The van der Waals surface area contributed by atoms with E-state index in [1.165, 1.54) is 23.5 Å². The van der Waals surface area contributed by atoms with Crippen LogP contribution < -0.4 is 10.6 Å². The molecule has 2 heterocycles. The molecular formula is C17H17FN4O3S. The van der Waals surface area contributed by atoms with Crippen LogP contribution in [0.1, 0.15) is 18.4 Å². The number of nitrogens with zero attached hydrogens (tertiary/aromatic N) is 2. The van der Waals surface area contributed by atoms with Crippen molar-refractivity contribution >= 4 is 34.3 Å². The van der Waals surface area contributed by atoms with Gasteiger partial charge in [-0.3, -0.25) is 14.5 Å². The van der Waals surface area contributed by atoms with Crippen molar-refractivity contribution in [2.75, 3.05) is 11.9 Å². The third-order valence-electron chi connectivity index (χ3n) is 3.96. The average molecular weight is 376 g/mol. The van der Waals surface area contributed by atoms with E-state index >= 15 is 0 Å². The molecule has 4 amide bonds. The van der Waals surface area contributed by atoms with E-state index < -0.39 is 12.1 Å². The Morgan fingerprint density at radius 1 is 1.38 bits per heavy atom. The van der Waals surface area contributed by atoms with Crippen LogP contribution in [-0.2, 0) is 16.0 Å². The van der Waals surface area contributed by atoms with E-state index in [1.807, 2.05) is 0 Å². The Bertz CT molecular complexity index is 812. The summed E-state index contributed by atoms with van der Waals surface area (Å²) in [5.74, 6) is -0.988. The monoisotopic (exact) mass is 376 g/mol. The minimum absolute atomic E-state index is 0.0913. The quantitative estimate of drug-likeness (QED) is 0.725. The average Bonchev–Trinajstić information content (AvgIpc) is 3.20. The molecule has 1 atom stereocenters. The van der Waals surface area contributed by atoms with Gasteiger partial charge in [0.25, 0.3) is 5.91 Å². The largest absolute Gasteiger partial charge is 0.326 e. The van der Waals surface area contributed by atoms with Crippen LogP contribution in [0.5, 0.6) is 0 Å². The summed E-state index contributed by atoms with van der Waals surface area (Å²) in [6.07, 6.45) is 2.25. The Balaban J connectivity index is 1.49. The lowest BCUT2D eigenvalue weighted by Gasteiger charge is -2.13. The van der Waals surface area contributed by atoms with Gasteiger partial charge in [-0.2, -0.15) is 0 Å². The highest BCUT2D eigenvalue weighted by Gasteiger charge is 2.37. The molecule has 2 N–H and O–H groups in total.